The van der Waals surface area contributed by atoms with E-state index >= 15 is 0 Å². The summed E-state index contributed by atoms with van der Waals surface area (Å²) in [6.07, 6.45) is 5.93. The van der Waals surface area contributed by atoms with Gasteiger partial charge in [0.1, 0.15) is 6.26 Å². The molecular formula is C10H14N2O3. The standard InChI is InChI=1S/C10H14N2O3/c13-10(12-5-2-1-3-6-12)15-9-8-14-7-4-11-9/h4,7H,1-3,5-6,8H2. The maximum atomic E-state index is 11.6. The fraction of sp³-hybridized carbons (Fsp3) is 0.600. The lowest BCUT2D eigenvalue weighted by Crippen LogP contribution is -2.37. The zero-order valence-electron chi connectivity index (χ0n) is 8.52. The second-order valence-corrected chi connectivity index (χ2v) is 3.53. The Balaban J connectivity index is 1.85. The topological polar surface area (TPSA) is 51.1 Å². The summed E-state index contributed by atoms with van der Waals surface area (Å²) in [6.45, 7) is 1.79. The maximum absolute atomic E-state index is 11.6. The van der Waals surface area contributed by atoms with Crippen molar-refractivity contribution in [2.45, 2.75) is 19.3 Å². The van der Waals surface area contributed by atoms with E-state index in [0.717, 1.165) is 25.9 Å². The SMILES string of the molecule is O=C(OC1=NC=COC1)N1CCCCC1. The van der Waals surface area contributed by atoms with Gasteiger partial charge in [0.25, 0.3) is 0 Å². The number of carbonyl (C=O) groups excluding carboxylic acids is 1. The third kappa shape index (κ3) is 2.71. The van der Waals surface area contributed by atoms with Crippen LogP contribution in [-0.2, 0) is 9.47 Å². The first kappa shape index (κ1) is 10.0. The van der Waals surface area contributed by atoms with E-state index in [1.54, 1.807) is 4.90 Å². The molecule has 15 heavy (non-hydrogen) atoms. The van der Waals surface area contributed by atoms with Gasteiger partial charge in [0.2, 0.25) is 5.90 Å². The van der Waals surface area contributed by atoms with E-state index in [4.69, 9.17) is 9.47 Å². The van der Waals surface area contributed by atoms with Crippen LogP contribution in [0.3, 0.4) is 0 Å². The number of hydrogen-bond donors (Lipinski definition) is 0. The molecule has 0 N–H and O–H groups in total. The molecule has 82 valence electrons. The van der Waals surface area contributed by atoms with Crippen molar-refractivity contribution < 1.29 is 14.3 Å². The largest absolute Gasteiger partial charge is 0.490 e. The third-order valence-electron chi connectivity index (χ3n) is 2.40. The normalized spacial score (nSPS) is 20.5. The smallest absolute Gasteiger partial charge is 0.416 e. The molecule has 1 saturated heterocycles. The van der Waals surface area contributed by atoms with Crippen LogP contribution < -0.4 is 0 Å². The molecule has 0 aromatic carbocycles. The second kappa shape index (κ2) is 4.82. The summed E-state index contributed by atoms with van der Waals surface area (Å²) >= 11 is 0. The predicted octanol–water partition coefficient (Wildman–Crippen LogP) is 1.51. The molecular weight excluding hydrogens is 196 g/mol. The molecule has 1 fully saturated rings. The second-order valence-electron chi connectivity index (χ2n) is 3.53. The molecule has 0 radical (unpaired) electrons. The minimum Gasteiger partial charge on any atom is -0.490 e. The van der Waals surface area contributed by atoms with Crippen LogP contribution >= 0.6 is 0 Å². The highest BCUT2D eigenvalue weighted by atomic mass is 16.6. The lowest BCUT2D eigenvalue weighted by Gasteiger charge is -2.25. The van der Waals surface area contributed by atoms with Crippen molar-refractivity contribution in [3.63, 3.8) is 0 Å². The van der Waals surface area contributed by atoms with Crippen LogP contribution in [0.1, 0.15) is 19.3 Å². The van der Waals surface area contributed by atoms with Gasteiger partial charge in [0, 0.05) is 13.1 Å². The lowest BCUT2D eigenvalue weighted by atomic mass is 10.1. The molecule has 0 saturated carbocycles. The van der Waals surface area contributed by atoms with Crippen molar-refractivity contribution in [1.82, 2.24) is 4.90 Å². The number of aliphatic imine (C=N–C) groups is 1. The zero-order chi connectivity index (χ0) is 10.5. The van der Waals surface area contributed by atoms with Gasteiger partial charge in [-0.1, -0.05) is 0 Å². The Kier molecular flexibility index (Phi) is 3.22. The number of carbonyl (C=O) groups is 1. The average Bonchev–Trinajstić information content (AvgIpc) is 2.31. The van der Waals surface area contributed by atoms with Crippen molar-refractivity contribution in [2.24, 2.45) is 4.99 Å². The number of hydrogen-bond acceptors (Lipinski definition) is 4. The van der Waals surface area contributed by atoms with Crippen LogP contribution in [0.15, 0.2) is 17.5 Å². The van der Waals surface area contributed by atoms with Crippen LogP contribution in [0.4, 0.5) is 4.79 Å². The van der Waals surface area contributed by atoms with Crippen molar-refractivity contribution in [1.29, 1.82) is 0 Å². The van der Waals surface area contributed by atoms with Crippen molar-refractivity contribution >= 4 is 12.0 Å². The number of nitrogens with zero attached hydrogens (tertiary/aromatic N) is 2. The number of rotatable bonds is 0. The molecule has 0 bridgehead atoms. The molecule has 0 atom stereocenters. The van der Waals surface area contributed by atoms with E-state index in [2.05, 4.69) is 4.99 Å². The Morgan fingerprint density at radius 2 is 2.20 bits per heavy atom. The van der Waals surface area contributed by atoms with E-state index in [9.17, 15) is 4.79 Å². The molecule has 2 aliphatic rings. The van der Waals surface area contributed by atoms with Gasteiger partial charge in [0.15, 0.2) is 6.61 Å². The van der Waals surface area contributed by atoms with E-state index < -0.39 is 0 Å². The lowest BCUT2D eigenvalue weighted by molar-refractivity contribution is 0.133. The quantitative estimate of drug-likeness (QED) is 0.609. The highest BCUT2D eigenvalue weighted by Crippen LogP contribution is 2.10. The molecule has 5 nitrogen and oxygen atoms in total. The molecule has 0 spiro atoms. The highest BCUT2D eigenvalue weighted by molar-refractivity contribution is 5.89. The third-order valence-corrected chi connectivity index (χ3v) is 2.40. The number of piperidine rings is 1. The Hall–Kier alpha value is -1.52. The van der Waals surface area contributed by atoms with Gasteiger partial charge in [-0.25, -0.2) is 9.79 Å². The number of likely N-dealkylation sites (tertiary alicyclic amines) is 1. The summed E-state index contributed by atoms with van der Waals surface area (Å²) in [5.41, 5.74) is 0. The van der Waals surface area contributed by atoms with Gasteiger partial charge >= 0.3 is 6.09 Å². The molecule has 1 amide bonds. The molecule has 2 heterocycles. The van der Waals surface area contributed by atoms with Gasteiger partial charge in [-0.2, -0.15) is 0 Å². The average molecular weight is 210 g/mol. The first-order valence-electron chi connectivity index (χ1n) is 5.16. The summed E-state index contributed by atoms with van der Waals surface area (Å²) in [4.78, 5) is 17.2. The van der Waals surface area contributed by atoms with Gasteiger partial charge < -0.3 is 14.4 Å². The van der Waals surface area contributed by atoms with E-state index in [-0.39, 0.29) is 12.7 Å². The molecule has 2 rings (SSSR count). The van der Waals surface area contributed by atoms with E-state index in [1.165, 1.54) is 18.9 Å². The van der Waals surface area contributed by atoms with Gasteiger partial charge in [-0.05, 0) is 19.3 Å². The van der Waals surface area contributed by atoms with Gasteiger partial charge in [0.05, 0.1) is 6.20 Å². The fourth-order valence-corrected chi connectivity index (χ4v) is 1.61. The van der Waals surface area contributed by atoms with Gasteiger partial charge in [-0.3, -0.25) is 0 Å². The molecule has 0 aromatic rings. The van der Waals surface area contributed by atoms with E-state index in [0.29, 0.717) is 5.90 Å². The summed E-state index contributed by atoms with van der Waals surface area (Å²) in [6, 6.07) is 0. The molecule has 5 heteroatoms. The van der Waals surface area contributed by atoms with Crippen molar-refractivity contribution in [3.8, 4) is 0 Å². The summed E-state index contributed by atoms with van der Waals surface area (Å²) in [7, 11) is 0. The van der Waals surface area contributed by atoms with Crippen LogP contribution in [0.2, 0.25) is 0 Å². The first-order chi connectivity index (χ1) is 7.36. The highest BCUT2D eigenvalue weighted by Gasteiger charge is 2.20. The molecule has 0 aliphatic carbocycles. The molecule has 2 aliphatic heterocycles. The molecule has 0 aromatic heterocycles. The van der Waals surface area contributed by atoms with Crippen LogP contribution in [-0.4, -0.2) is 36.6 Å². The predicted molar refractivity (Wildman–Crippen MR) is 54.4 cm³/mol. The first-order valence-corrected chi connectivity index (χ1v) is 5.16. The van der Waals surface area contributed by atoms with Crippen molar-refractivity contribution in [2.75, 3.05) is 19.7 Å². The van der Waals surface area contributed by atoms with Crippen molar-refractivity contribution in [3.05, 3.63) is 12.5 Å². The fourth-order valence-electron chi connectivity index (χ4n) is 1.61. The Morgan fingerprint density at radius 3 is 2.87 bits per heavy atom. The Bertz CT molecular complexity index is 293. The van der Waals surface area contributed by atoms with Crippen LogP contribution in [0.5, 0.6) is 0 Å². The zero-order valence-corrected chi connectivity index (χ0v) is 8.52. The summed E-state index contributed by atoms with van der Waals surface area (Å²) < 4.78 is 10.1. The Morgan fingerprint density at radius 1 is 1.40 bits per heavy atom. The van der Waals surface area contributed by atoms with Crippen LogP contribution in [0.25, 0.3) is 0 Å². The number of amides is 1. The molecule has 0 unspecified atom stereocenters. The summed E-state index contributed by atoms with van der Waals surface area (Å²) in [5, 5.41) is 0. The Labute approximate surface area is 88.4 Å². The maximum Gasteiger partial charge on any atom is 0.416 e. The van der Waals surface area contributed by atoms with Crippen LogP contribution in [0, 0.1) is 0 Å². The van der Waals surface area contributed by atoms with Gasteiger partial charge in [-0.15, -0.1) is 0 Å². The minimum absolute atomic E-state index is 0.232. The minimum atomic E-state index is -0.313. The van der Waals surface area contributed by atoms with E-state index in [1.807, 2.05) is 0 Å². The monoisotopic (exact) mass is 210 g/mol. The summed E-state index contributed by atoms with van der Waals surface area (Å²) in [5.74, 6) is 0.327. The number of ether oxygens (including phenoxy) is 2.